The van der Waals surface area contributed by atoms with E-state index in [0.29, 0.717) is 5.92 Å². The fraction of sp³-hybridized carbons (Fsp3) is 0.385. The molecule has 1 nitrogen and oxygen atoms in total. The van der Waals surface area contributed by atoms with Crippen molar-refractivity contribution in [1.29, 1.82) is 0 Å². The first-order valence-corrected chi connectivity index (χ1v) is 5.06. The first-order chi connectivity index (χ1) is 6.79. The molecule has 0 amide bonds. The lowest BCUT2D eigenvalue weighted by molar-refractivity contribution is 0.209. The standard InChI is InChI=1S/C13H18O/c1-3-7-13(10-14)11(2)12-8-5-4-6-9-12/h3-6,8-9,11,13-14H,1,7,10H2,2H3/t11-,13+/m0/s1. The topological polar surface area (TPSA) is 20.2 Å². The SMILES string of the molecule is C=CC[C@H](CO)[C@@H](C)c1ccccc1. The van der Waals surface area contributed by atoms with Gasteiger partial charge in [-0.2, -0.15) is 0 Å². The Labute approximate surface area is 86.1 Å². The van der Waals surface area contributed by atoms with Crippen LogP contribution < -0.4 is 0 Å². The van der Waals surface area contributed by atoms with Crippen LogP contribution in [0.25, 0.3) is 0 Å². The van der Waals surface area contributed by atoms with Crippen LogP contribution in [0.15, 0.2) is 43.0 Å². The zero-order chi connectivity index (χ0) is 10.4. The molecule has 0 aromatic heterocycles. The normalized spacial score (nSPS) is 14.7. The zero-order valence-corrected chi connectivity index (χ0v) is 8.69. The van der Waals surface area contributed by atoms with Crippen LogP contribution >= 0.6 is 0 Å². The van der Waals surface area contributed by atoms with E-state index < -0.39 is 0 Å². The van der Waals surface area contributed by atoms with Crippen molar-refractivity contribution in [2.75, 3.05) is 6.61 Å². The summed E-state index contributed by atoms with van der Waals surface area (Å²) in [5.74, 6) is 0.675. The number of allylic oxidation sites excluding steroid dienone is 1. The molecule has 1 rings (SSSR count). The van der Waals surface area contributed by atoms with Gasteiger partial charge >= 0.3 is 0 Å². The lowest BCUT2D eigenvalue weighted by Gasteiger charge is -2.20. The number of rotatable bonds is 5. The molecule has 76 valence electrons. The molecule has 1 heteroatoms. The number of benzene rings is 1. The molecule has 0 spiro atoms. The van der Waals surface area contributed by atoms with Crippen LogP contribution in [-0.4, -0.2) is 11.7 Å². The first-order valence-electron chi connectivity index (χ1n) is 5.06. The third-order valence-corrected chi connectivity index (χ3v) is 2.74. The molecule has 0 radical (unpaired) electrons. The second-order valence-electron chi connectivity index (χ2n) is 3.67. The van der Waals surface area contributed by atoms with Gasteiger partial charge in [-0.15, -0.1) is 6.58 Å². The Morgan fingerprint density at radius 1 is 1.36 bits per heavy atom. The summed E-state index contributed by atoms with van der Waals surface area (Å²) in [6.45, 7) is 6.09. The fourth-order valence-electron chi connectivity index (χ4n) is 1.68. The van der Waals surface area contributed by atoms with Gasteiger partial charge in [-0.3, -0.25) is 0 Å². The summed E-state index contributed by atoms with van der Waals surface area (Å²) in [7, 11) is 0. The maximum atomic E-state index is 9.24. The Morgan fingerprint density at radius 2 is 2.00 bits per heavy atom. The van der Waals surface area contributed by atoms with E-state index in [0.717, 1.165) is 6.42 Å². The van der Waals surface area contributed by atoms with Gasteiger partial charge in [0.25, 0.3) is 0 Å². The van der Waals surface area contributed by atoms with Gasteiger partial charge in [0.2, 0.25) is 0 Å². The van der Waals surface area contributed by atoms with Crippen molar-refractivity contribution in [3.63, 3.8) is 0 Å². The molecule has 0 aliphatic heterocycles. The summed E-state index contributed by atoms with van der Waals surface area (Å²) in [5.41, 5.74) is 1.29. The van der Waals surface area contributed by atoms with Crippen LogP contribution in [0.5, 0.6) is 0 Å². The van der Waals surface area contributed by atoms with Crippen molar-refractivity contribution >= 4 is 0 Å². The summed E-state index contributed by atoms with van der Waals surface area (Å²) in [4.78, 5) is 0. The molecule has 0 fully saturated rings. The molecule has 1 N–H and O–H groups in total. The highest BCUT2D eigenvalue weighted by atomic mass is 16.3. The highest BCUT2D eigenvalue weighted by molar-refractivity contribution is 5.19. The van der Waals surface area contributed by atoms with Crippen molar-refractivity contribution in [2.24, 2.45) is 5.92 Å². The van der Waals surface area contributed by atoms with Crippen molar-refractivity contribution in [3.8, 4) is 0 Å². The number of aliphatic hydroxyl groups excluding tert-OH is 1. The number of hydrogen-bond donors (Lipinski definition) is 1. The second kappa shape index (κ2) is 5.61. The Balaban J connectivity index is 2.72. The third-order valence-electron chi connectivity index (χ3n) is 2.74. The van der Waals surface area contributed by atoms with Gasteiger partial charge in [0, 0.05) is 6.61 Å². The summed E-state index contributed by atoms with van der Waals surface area (Å²) >= 11 is 0. The Kier molecular flexibility index (Phi) is 4.41. The molecule has 1 aromatic rings. The van der Waals surface area contributed by atoms with Gasteiger partial charge in [0.15, 0.2) is 0 Å². The monoisotopic (exact) mass is 190 g/mol. The van der Waals surface area contributed by atoms with Crippen LogP contribution in [0.3, 0.4) is 0 Å². The van der Waals surface area contributed by atoms with Crippen LogP contribution in [-0.2, 0) is 0 Å². The van der Waals surface area contributed by atoms with Crippen molar-refractivity contribution in [2.45, 2.75) is 19.3 Å². The molecule has 0 saturated carbocycles. The van der Waals surface area contributed by atoms with Crippen LogP contribution in [0.1, 0.15) is 24.8 Å². The quantitative estimate of drug-likeness (QED) is 0.708. The Morgan fingerprint density at radius 3 is 2.50 bits per heavy atom. The van der Waals surface area contributed by atoms with E-state index in [4.69, 9.17) is 0 Å². The summed E-state index contributed by atoms with van der Waals surface area (Å²) < 4.78 is 0. The van der Waals surface area contributed by atoms with E-state index in [2.05, 4.69) is 25.6 Å². The predicted molar refractivity (Wildman–Crippen MR) is 60.2 cm³/mol. The van der Waals surface area contributed by atoms with E-state index >= 15 is 0 Å². The van der Waals surface area contributed by atoms with Crippen molar-refractivity contribution in [1.82, 2.24) is 0 Å². The molecule has 0 unspecified atom stereocenters. The molecule has 14 heavy (non-hydrogen) atoms. The van der Waals surface area contributed by atoms with E-state index in [1.165, 1.54) is 5.56 Å². The summed E-state index contributed by atoms with van der Waals surface area (Å²) in [6.07, 6.45) is 2.74. The van der Waals surface area contributed by atoms with Crippen molar-refractivity contribution < 1.29 is 5.11 Å². The molecule has 1 aromatic carbocycles. The Hall–Kier alpha value is -1.08. The average molecular weight is 190 g/mol. The number of hydrogen-bond acceptors (Lipinski definition) is 1. The molecule has 0 aliphatic rings. The largest absolute Gasteiger partial charge is 0.396 e. The van der Waals surface area contributed by atoms with E-state index in [1.807, 2.05) is 24.3 Å². The molecule has 0 aliphatic carbocycles. The second-order valence-corrected chi connectivity index (χ2v) is 3.67. The van der Waals surface area contributed by atoms with Gasteiger partial charge in [0.05, 0.1) is 0 Å². The van der Waals surface area contributed by atoms with Gasteiger partial charge in [-0.05, 0) is 23.8 Å². The molecular weight excluding hydrogens is 172 g/mol. The smallest absolute Gasteiger partial charge is 0.0467 e. The highest BCUT2D eigenvalue weighted by Crippen LogP contribution is 2.26. The molecule has 0 heterocycles. The zero-order valence-electron chi connectivity index (χ0n) is 8.69. The maximum Gasteiger partial charge on any atom is 0.0467 e. The molecule has 0 bridgehead atoms. The van der Waals surface area contributed by atoms with E-state index in [9.17, 15) is 5.11 Å². The van der Waals surface area contributed by atoms with Crippen LogP contribution in [0.4, 0.5) is 0 Å². The lowest BCUT2D eigenvalue weighted by atomic mass is 9.86. The average Bonchev–Trinajstić information content (AvgIpc) is 2.26. The fourth-order valence-corrected chi connectivity index (χ4v) is 1.68. The minimum atomic E-state index is 0.224. The van der Waals surface area contributed by atoms with Crippen molar-refractivity contribution in [3.05, 3.63) is 48.6 Å². The lowest BCUT2D eigenvalue weighted by Crippen LogP contribution is -2.13. The van der Waals surface area contributed by atoms with E-state index in [1.54, 1.807) is 0 Å². The first kappa shape index (κ1) is 11.0. The van der Waals surface area contributed by atoms with Gasteiger partial charge in [0.1, 0.15) is 0 Å². The highest BCUT2D eigenvalue weighted by Gasteiger charge is 2.16. The summed E-state index contributed by atoms with van der Waals surface area (Å²) in [6, 6.07) is 10.3. The molecular formula is C13H18O. The number of aliphatic hydroxyl groups is 1. The minimum Gasteiger partial charge on any atom is -0.396 e. The minimum absolute atomic E-state index is 0.224. The van der Waals surface area contributed by atoms with Gasteiger partial charge in [-0.1, -0.05) is 43.3 Å². The Bertz CT molecular complexity index is 266. The van der Waals surface area contributed by atoms with E-state index in [-0.39, 0.29) is 12.5 Å². The molecule has 2 atom stereocenters. The maximum absolute atomic E-state index is 9.24. The van der Waals surface area contributed by atoms with Gasteiger partial charge in [-0.25, -0.2) is 0 Å². The van der Waals surface area contributed by atoms with Gasteiger partial charge < -0.3 is 5.11 Å². The van der Waals surface area contributed by atoms with Crippen LogP contribution in [0.2, 0.25) is 0 Å². The molecule has 0 saturated heterocycles. The summed E-state index contributed by atoms with van der Waals surface area (Å²) in [5, 5.41) is 9.24. The van der Waals surface area contributed by atoms with Crippen LogP contribution in [0, 0.1) is 5.92 Å². The predicted octanol–water partition coefficient (Wildman–Crippen LogP) is 2.97. The third kappa shape index (κ3) is 2.71.